The highest BCUT2D eigenvalue weighted by Crippen LogP contribution is 2.37. The van der Waals surface area contributed by atoms with E-state index in [-0.39, 0.29) is 11.1 Å². The fraction of sp³-hybridized carbons (Fsp3) is 0.0769. The van der Waals surface area contributed by atoms with Crippen molar-refractivity contribution in [1.29, 1.82) is 0 Å². The normalized spacial score (nSPS) is 11.6. The highest BCUT2D eigenvalue weighted by atomic mass is 19.4. The number of benzene rings is 2. The summed E-state index contributed by atoms with van der Waals surface area (Å²) in [4.78, 5) is 0. The van der Waals surface area contributed by atoms with Crippen LogP contribution in [0.2, 0.25) is 0 Å². The van der Waals surface area contributed by atoms with E-state index in [2.05, 4.69) is 0 Å². The molecule has 0 N–H and O–H groups in total. The van der Waals surface area contributed by atoms with E-state index in [0.717, 1.165) is 24.3 Å². The zero-order valence-corrected chi connectivity index (χ0v) is 8.93. The summed E-state index contributed by atoms with van der Waals surface area (Å²) >= 11 is 0. The molecule has 0 aliphatic carbocycles. The van der Waals surface area contributed by atoms with Gasteiger partial charge in [-0.2, -0.15) is 13.2 Å². The third-order valence-corrected chi connectivity index (χ3v) is 2.45. The summed E-state index contributed by atoms with van der Waals surface area (Å²) in [5.74, 6) is -1.85. The van der Waals surface area contributed by atoms with Crippen molar-refractivity contribution in [2.75, 3.05) is 0 Å². The Hall–Kier alpha value is -1.91. The van der Waals surface area contributed by atoms with Crippen molar-refractivity contribution >= 4 is 0 Å². The molecule has 94 valence electrons. The second-order valence-electron chi connectivity index (χ2n) is 3.67. The Bertz CT molecular complexity index is 572. The molecule has 0 aromatic heterocycles. The van der Waals surface area contributed by atoms with E-state index >= 15 is 0 Å². The highest BCUT2D eigenvalue weighted by molar-refractivity contribution is 5.68. The monoisotopic (exact) mass is 258 g/mol. The van der Waals surface area contributed by atoms with E-state index < -0.39 is 23.4 Å². The molecule has 0 fully saturated rings. The van der Waals surface area contributed by atoms with Gasteiger partial charge in [-0.05, 0) is 23.8 Å². The summed E-state index contributed by atoms with van der Waals surface area (Å²) in [6.07, 6.45) is -4.59. The first-order valence-corrected chi connectivity index (χ1v) is 5.01. The first-order valence-electron chi connectivity index (χ1n) is 5.01. The van der Waals surface area contributed by atoms with E-state index in [1.54, 1.807) is 0 Å². The topological polar surface area (TPSA) is 0 Å². The van der Waals surface area contributed by atoms with Crippen LogP contribution in [0.5, 0.6) is 0 Å². The Kier molecular flexibility index (Phi) is 3.07. The van der Waals surface area contributed by atoms with Crippen LogP contribution in [0, 0.1) is 11.6 Å². The van der Waals surface area contributed by atoms with E-state index in [1.165, 1.54) is 12.1 Å². The van der Waals surface area contributed by atoms with Crippen molar-refractivity contribution in [3.8, 4) is 11.1 Å². The minimum atomic E-state index is -4.59. The predicted molar refractivity (Wildman–Crippen MR) is 56.8 cm³/mol. The molecule has 0 aliphatic heterocycles. The molecule has 0 radical (unpaired) electrons. The molecule has 0 saturated carbocycles. The van der Waals surface area contributed by atoms with Gasteiger partial charge in [0.2, 0.25) is 0 Å². The van der Waals surface area contributed by atoms with E-state index in [4.69, 9.17) is 0 Å². The maximum absolute atomic E-state index is 13.5. The summed E-state index contributed by atoms with van der Waals surface area (Å²) in [6, 6.07) is 7.07. The molecule has 0 spiro atoms. The quantitative estimate of drug-likeness (QED) is 0.653. The number of rotatable bonds is 1. The second kappa shape index (κ2) is 4.40. The summed E-state index contributed by atoms with van der Waals surface area (Å²) in [7, 11) is 0. The van der Waals surface area contributed by atoms with Gasteiger partial charge in [-0.25, -0.2) is 8.78 Å². The molecule has 0 bridgehead atoms. The molecule has 0 heterocycles. The number of alkyl halides is 3. The molecule has 0 unspecified atom stereocenters. The number of hydrogen-bond acceptors (Lipinski definition) is 0. The summed E-state index contributed by atoms with van der Waals surface area (Å²) < 4.78 is 64.5. The minimum absolute atomic E-state index is 0.274. The number of halogens is 5. The lowest BCUT2D eigenvalue weighted by Crippen LogP contribution is -2.07. The molecule has 2 rings (SSSR count). The van der Waals surface area contributed by atoms with Crippen LogP contribution in [-0.4, -0.2) is 0 Å². The van der Waals surface area contributed by atoms with Crippen molar-refractivity contribution in [2.24, 2.45) is 0 Å². The first-order chi connectivity index (χ1) is 8.39. The Morgan fingerprint density at radius 1 is 0.778 bits per heavy atom. The molecule has 0 saturated heterocycles. The van der Waals surface area contributed by atoms with Crippen LogP contribution in [0.3, 0.4) is 0 Å². The molecule has 0 atom stereocenters. The van der Waals surface area contributed by atoms with Crippen molar-refractivity contribution in [1.82, 2.24) is 0 Å². The molecule has 18 heavy (non-hydrogen) atoms. The molecule has 0 nitrogen and oxygen atoms in total. The Labute approximate surface area is 99.7 Å². The fourth-order valence-corrected chi connectivity index (χ4v) is 1.67. The Balaban J connectivity index is 2.64. The second-order valence-corrected chi connectivity index (χ2v) is 3.67. The fourth-order valence-electron chi connectivity index (χ4n) is 1.67. The van der Waals surface area contributed by atoms with Crippen LogP contribution in [0.25, 0.3) is 11.1 Å². The van der Waals surface area contributed by atoms with Crippen LogP contribution >= 0.6 is 0 Å². The third kappa shape index (κ3) is 2.34. The van der Waals surface area contributed by atoms with Gasteiger partial charge in [0.1, 0.15) is 11.6 Å². The molecule has 5 heteroatoms. The Morgan fingerprint density at radius 2 is 1.44 bits per heavy atom. The first kappa shape index (κ1) is 12.5. The lowest BCUT2D eigenvalue weighted by atomic mass is 9.99. The van der Waals surface area contributed by atoms with E-state index in [1.807, 2.05) is 0 Å². The lowest BCUT2D eigenvalue weighted by molar-refractivity contribution is -0.137. The smallest absolute Gasteiger partial charge is 0.207 e. The van der Waals surface area contributed by atoms with Gasteiger partial charge in [-0.15, -0.1) is 0 Å². The molecule has 0 aliphatic rings. The predicted octanol–water partition coefficient (Wildman–Crippen LogP) is 4.65. The standard InChI is InChI=1S/C13H7F5/c14-8-5-6-10(12(15)7-8)9-3-1-2-4-11(9)13(16,17)18/h1-7H. The molecule has 2 aromatic rings. The van der Waals surface area contributed by atoms with Crippen LogP contribution in [-0.2, 0) is 6.18 Å². The van der Waals surface area contributed by atoms with Crippen molar-refractivity contribution in [2.45, 2.75) is 6.18 Å². The van der Waals surface area contributed by atoms with Gasteiger partial charge in [0.25, 0.3) is 0 Å². The van der Waals surface area contributed by atoms with Gasteiger partial charge in [0, 0.05) is 11.6 Å². The summed E-state index contributed by atoms with van der Waals surface area (Å²) in [5.41, 5.74) is -1.53. The number of hydrogen-bond donors (Lipinski definition) is 0. The van der Waals surface area contributed by atoms with Gasteiger partial charge in [0.15, 0.2) is 0 Å². The maximum atomic E-state index is 13.5. The van der Waals surface area contributed by atoms with Crippen LogP contribution in [0.1, 0.15) is 5.56 Å². The summed E-state index contributed by atoms with van der Waals surface area (Å²) in [5, 5.41) is 0. The molecular formula is C13H7F5. The zero-order valence-electron chi connectivity index (χ0n) is 8.93. The Morgan fingerprint density at radius 3 is 2.06 bits per heavy atom. The largest absolute Gasteiger partial charge is 0.417 e. The van der Waals surface area contributed by atoms with Crippen LogP contribution in [0.4, 0.5) is 22.0 Å². The van der Waals surface area contributed by atoms with Crippen LogP contribution < -0.4 is 0 Å². The SMILES string of the molecule is Fc1ccc(-c2ccccc2C(F)(F)F)c(F)c1. The average molecular weight is 258 g/mol. The minimum Gasteiger partial charge on any atom is -0.207 e. The van der Waals surface area contributed by atoms with Crippen molar-refractivity contribution < 1.29 is 22.0 Å². The average Bonchev–Trinajstić information content (AvgIpc) is 2.28. The highest BCUT2D eigenvalue weighted by Gasteiger charge is 2.33. The van der Waals surface area contributed by atoms with Gasteiger partial charge < -0.3 is 0 Å². The van der Waals surface area contributed by atoms with Crippen molar-refractivity contribution in [3.05, 3.63) is 59.7 Å². The van der Waals surface area contributed by atoms with Gasteiger partial charge >= 0.3 is 6.18 Å². The molecular weight excluding hydrogens is 251 g/mol. The zero-order chi connectivity index (χ0) is 13.3. The lowest BCUT2D eigenvalue weighted by Gasteiger charge is -2.13. The van der Waals surface area contributed by atoms with Gasteiger partial charge in [0.05, 0.1) is 5.56 Å². The van der Waals surface area contributed by atoms with Gasteiger partial charge in [-0.3, -0.25) is 0 Å². The van der Waals surface area contributed by atoms with Crippen molar-refractivity contribution in [3.63, 3.8) is 0 Å². The maximum Gasteiger partial charge on any atom is 0.417 e. The third-order valence-electron chi connectivity index (χ3n) is 2.45. The van der Waals surface area contributed by atoms with Gasteiger partial charge in [-0.1, -0.05) is 18.2 Å². The molecule has 0 amide bonds. The van der Waals surface area contributed by atoms with E-state index in [9.17, 15) is 22.0 Å². The van der Waals surface area contributed by atoms with Crippen LogP contribution in [0.15, 0.2) is 42.5 Å². The van der Waals surface area contributed by atoms with E-state index in [0.29, 0.717) is 6.07 Å². The molecule has 2 aromatic carbocycles. The summed E-state index contributed by atoms with van der Waals surface area (Å²) in [6.45, 7) is 0.